The minimum Gasteiger partial charge on any atom is -0.481 e. The number of hydrogen-bond acceptors (Lipinski definition) is 3. The van der Waals surface area contributed by atoms with Crippen LogP contribution >= 0.6 is 27.3 Å². The number of rotatable bonds is 5. The van der Waals surface area contributed by atoms with Gasteiger partial charge < -0.3 is 10.4 Å². The van der Waals surface area contributed by atoms with E-state index in [1.54, 1.807) is 18.4 Å². The van der Waals surface area contributed by atoms with E-state index in [2.05, 4.69) is 21.2 Å². The molecule has 6 heteroatoms. The van der Waals surface area contributed by atoms with Crippen LogP contribution in [0.25, 0.3) is 0 Å². The summed E-state index contributed by atoms with van der Waals surface area (Å²) < 4.78 is 0.872. The molecule has 0 aliphatic rings. The summed E-state index contributed by atoms with van der Waals surface area (Å²) in [7, 11) is 0. The van der Waals surface area contributed by atoms with Gasteiger partial charge in [-0.3, -0.25) is 9.59 Å². The lowest BCUT2D eigenvalue weighted by Crippen LogP contribution is -2.51. The molecule has 0 fully saturated rings. The van der Waals surface area contributed by atoms with Crippen LogP contribution in [0.2, 0.25) is 0 Å². The molecule has 0 spiro atoms. The van der Waals surface area contributed by atoms with Gasteiger partial charge in [-0.15, -0.1) is 11.3 Å². The van der Waals surface area contributed by atoms with Crippen molar-refractivity contribution < 1.29 is 14.7 Å². The number of hydrogen-bond donors (Lipinski definition) is 2. The zero-order valence-electron chi connectivity index (χ0n) is 10.5. The Morgan fingerprint density at radius 1 is 1.56 bits per heavy atom. The number of halogens is 1. The summed E-state index contributed by atoms with van der Waals surface area (Å²) in [5.41, 5.74) is -0.207. The van der Waals surface area contributed by atoms with Crippen LogP contribution in [0.5, 0.6) is 0 Å². The minimum absolute atomic E-state index is 0.0274. The minimum atomic E-state index is -0.919. The average molecular weight is 334 g/mol. The monoisotopic (exact) mass is 333 g/mol. The van der Waals surface area contributed by atoms with E-state index in [9.17, 15) is 9.59 Å². The lowest BCUT2D eigenvalue weighted by atomic mass is 9.85. The van der Waals surface area contributed by atoms with Crippen molar-refractivity contribution in [1.29, 1.82) is 0 Å². The average Bonchev–Trinajstić information content (AvgIpc) is 2.63. The van der Waals surface area contributed by atoms with Gasteiger partial charge in [-0.25, -0.2) is 0 Å². The molecule has 0 bridgehead atoms. The SMILES string of the molecule is CC(C)C(C)(CC(=O)O)NC(=O)c1csc(Br)c1. The van der Waals surface area contributed by atoms with E-state index in [4.69, 9.17) is 5.11 Å². The third-order valence-corrected chi connectivity index (χ3v) is 4.53. The fourth-order valence-corrected chi connectivity index (χ4v) is 2.60. The zero-order chi connectivity index (χ0) is 13.9. The molecule has 1 unspecified atom stereocenters. The second-order valence-electron chi connectivity index (χ2n) is 4.74. The summed E-state index contributed by atoms with van der Waals surface area (Å²) in [5, 5.41) is 13.5. The molecular weight excluding hydrogens is 318 g/mol. The summed E-state index contributed by atoms with van der Waals surface area (Å²) in [6.07, 6.45) is -0.0955. The Kier molecular flexibility index (Phi) is 4.92. The number of thiophene rings is 1. The highest BCUT2D eigenvalue weighted by Crippen LogP contribution is 2.24. The van der Waals surface area contributed by atoms with Crippen LogP contribution in [0.4, 0.5) is 0 Å². The standard InChI is InChI=1S/C12H16BrNO3S/c1-7(2)12(3,5-10(15)16)14-11(17)8-4-9(13)18-6-8/h4,6-7H,5H2,1-3H3,(H,14,17)(H,15,16). The largest absolute Gasteiger partial charge is 0.481 e. The predicted octanol–water partition coefficient (Wildman–Crippen LogP) is 3.13. The number of carboxylic acid groups (broad SMARTS) is 1. The van der Waals surface area contributed by atoms with E-state index < -0.39 is 11.5 Å². The molecule has 18 heavy (non-hydrogen) atoms. The Labute approximate surface area is 119 Å². The van der Waals surface area contributed by atoms with Gasteiger partial charge in [0.05, 0.1) is 21.3 Å². The van der Waals surface area contributed by atoms with Crippen LogP contribution in [0, 0.1) is 5.92 Å². The first-order chi connectivity index (χ1) is 8.24. The Bertz CT molecular complexity index is 458. The van der Waals surface area contributed by atoms with Crippen molar-refractivity contribution in [2.45, 2.75) is 32.7 Å². The van der Waals surface area contributed by atoms with E-state index >= 15 is 0 Å². The Morgan fingerprint density at radius 3 is 2.56 bits per heavy atom. The fourth-order valence-electron chi connectivity index (χ4n) is 1.47. The van der Waals surface area contributed by atoms with Crippen molar-refractivity contribution in [3.63, 3.8) is 0 Å². The summed E-state index contributed by atoms with van der Waals surface area (Å²) >= 11 is 4.71. The summed E-state index contributed by atoms with van der Waals surface area (Å²) in [6.45, 7) is 5.55. The molecule has 0 saturated carbocycles. The molecule has 1 heterocycles. The molecule has 4 nitrogen and oxygen atoms in total. The molecule has 1 atom stereocenters. The van der Waals surface area contributed by atoms with E-state index in [0.717, 1.165) is 3.79 Å². The number of carbonyl (C=O) groups excluding carboxylic acids is 1. The van der Waals surface area contributed by atoms with Crippen molar-refractivity contribution in [3.8, 4) is 0 Å². The van der Waals surface area contributed by atoms with Crippen molar-refractivity contribution in [2.75, 3.05) is 0 Å². The van der Waals surface area contributed by atoms with Gasteiger partial charge in [-0.05, 0) is 34.8 Å². The first-order valence-electron chi connectivity index (χ1n) is 5.53. The van der Waals surface area contributed by atoms with Gasteiger partial charge >= 0.3 is 5.97 Å². The van der Waals surface area contributed by atoms with Gasteiger partial charge in [0, 0.05) is 5.38 Å². The van der Waals surface area contributed by atoms with Crippen LogP contribution in [0.3, 0.4) is 0 Å². The lowest BCUT2D eigenvalue weighted by molar-refractivity contribution is -0.138. The summed E-state index contributed by atoms with van der Waals surface area (Å²) in [6, 6.07) is 1.72. The van der Waals surface area contributed by atoms with Crippen molar-refractivity contribution in [1.82, 2.24) is 5.32 Å². The van der Waals surface area contributed by atoms with Crippen LogP contribution in [0.1, 0.15) is 37.6 Å². The molecule has 1 aromatic rings. The molecule has 0 aliphatic heterocycles. The van der Waals surface area contributed by atoms with E-state index in [-0.39, 0.29) is 18.2 Å². The van der Waals surface area contributed by atoms with Gasteiger partial charge in [0.15, 0.2) is 0 Å². The van der Waals surface area contributed by atoms with Gasteiger partial charge in [0.25, 0.3) is 5.91 Å². The van der Waals surface area contributed by atoms with E-state index in [1.807, 2.05) is 13.8 Å². The van der Waals surface area contributed by atoms with Gasteiger partial charge in [-0.1, -0.05) is 13.8 Å². The van der Waals surface area contributed by atoms with Gasteiger partial charge in [0.2, 0.25) is 0 Å². The van der Waals surface area contributed by atoms with E-state index in [0.29, 0.717) is 5.56 Å². The smallest absolute Gasteiger partial charge is 0.305 e. The maximum Gasteiger partial charge on any atom is 0.305 e. The van der Waals surface area contributed by atoms with Crippen LogP contribution in [-0.4, -0.2) is 22.5 Å². The highest BCUT2D eigenvalue weighted by molar-refractivity contribution is 9.11. The fraction of sp³-hybridized carbons (Fsp3) is 0.500. The summed E-state index contributed by atoms with van der Waals surface area (Å²) in [5.74, 6) is -1.13. The second-order valence-corrected chi connectivity index (χ2v) is 7.03. The first-order valence-corrected chi connectivity index (χ1v) is 7.20. The molecule has 100 valence electrons. The quantitative estimate of drug-likeness (QED) is 0.869. The zero-order valence-corrected chi connectivity index (χ0v) is 12.9. The predicted molar refractivity (Wildman–Crippen MR) is 75.0 cm³/mol. The number of amides is 1. The third kappa shape index (κ3) is 3.81. The van der Waals surface area contributed by atoms with Crippen molar-refractivity contribution in [2.24, 2.45) is 5.92 Å². The molecule has 2 N–H and O–H groups in total. The van der Waals surface area contributed by atoms with Crippen LogP contribution in [0.15, 0.2) is 15.2 Å². The molecule has 1 rings (SSSR count). The second kappa shape index (κ2) is 5.84. The normalized spacial score (nSPS) is 14.3. The van der Waals surface area contributed by atoms with Gasteiger partial charge in [-0.2, -0.15) is 0 Å². The number of nitrogens with one attached hydrogen (secondary N) is 1. The number of aliphatic carboxylic acids is 1. The first kappa shape index (κ1) is 15.2. The molecular formula is C12H16BrNO3S. The molecule has 0 aliphatic carbocycles. The van der Waals surface area contributed by atoms with Crippen molar-refractivity contribution >= 4 is 39.1 Å². The maximum absolute atomic E-state index is 12.0. The Morgan fingerprint density at radius 2 is 2.17 bits per heavy atom. The lowest BCUT2D eigenvalue weighted by Gasteiger charge is -2.33. The molecule has 1 amide bonds. The molecule has 1 aromatic heterocycles. The molecule has 0 aromatic carbocycles. The maximum atomic E-state index is 12.0. The highest BCUT2D eigenvalue weighted by atomic mass is 79.9. The van der Waals surface area contributed by atoms with E-state index in [1.165, 1.54) is 11.3 Å². The van der Waals surface area contributed by atoms with Crippen LogP contribution in [-0.2, 0) is 4.79 Å². The molecule has 0 saturated heterocycles. The number of carbonyl (C=O) groups is 2. The topological polar surface area (TPSA) is 66.4 Å². The Hall–Kier alpha value is -0.880. The number of carboxylic acids is 1. The summed E-state index contributed by atoms with van der Waals surface area (Å²) in [4.78, 5) is 22.9. The molecule has 0 radical (unpaired) electrons. The third-order valence-electron chi connectivity index (χ3n) is 3.02. The van der Waals surface area contributed by atoms with Gasteiger partial charge in [0.1, 0.15) is 0 Å². The van der Waals surface area contributed by atoms with Crippen molar-refractivity contribution in [3.05, 3.63) is 20.8 Å². The van der Waals surface area contributed by atoms with Crippen LogP contribution < -0.4 is 5.32 Å². The Balaban J connectivity index is 2.84. The highest BCUT2D eigenvalue weighted by Gasteiger charge is 2.33.